The number of rotatable bonds is 9. The summed E-state index contributed by atoms with van der Waals surface area (Å²) in [5.74, 6) is -0.0454. The highest BCUT2D eigenvalue weighted by atomic mass is 79.9. The lowest BCUT2D eigenvalue weighted by molar-refractivity contribution is -0.142. The van der Waals surface area contributed by atoms with E-state index in [1.165, 1.54) is 4.90 Å². The van der Waals surface area contributed by atoms with Gasteiger partial charge in [-0.3, -0.25) is 9.59 Å². The first kappa shape index (κ1) is 26.1. The van der Waals surface area contributed by atoms with Gasteiger partial charge in [-0.05, 0) is 53.9 Å². The number of nitrogens with zero attached hydrogens (tertiary/aromatic N) is 1. The summed E-state index contributed by atoms with van der Waals surface area (Å²) in [5, 5.41) is 3.60. The number of halogens is 3. The van der Waals surface area contributed by atoms with Gasteiger partial charge in [0.25, 0.3) is 5.91 Å². The molecule has 3 aromatic carbocycles. The van der Waals surface area contributed by atoms with Crippen LogP contribution in [0.1, 0.15) is 16.7 Å². The van der Waals surface area contributed by atoms with E-state index in [-0.39, 0.29) is 25.0 Å². The molecule has 0 spiro atoms. The average Bonchev–Trinajstić information content (AvgIpc) is 2.83. The minimum absolute atomic E-state index is 0.127. The molecule has 0 saturated carbocycles. The highest BCUT2D eigenvalue weighted by Crippen LogP contribution is 2.25. The van der Waals surface area contributed by atoms with Gasteiger partial charge in [0.05, 0.1) is 0 Å². The van der Waals surface area contributed by atoms with E-state index in [1.807, 2.05) is 49.4 Å². The number of aryl methyl sites for hydroxylation is 1. The molecule has 8 heteroatoms. The van der Waals surface area contributed by atoms with E-state index < -0.39 is 6.04 Å². The maximum Gasteiger partial charge on any atom is 0.261 e. The Balaban J connectivity index is 1.90. The molecule has 1 unspecified atom stereocenters. The lowest BCUT2D eigenvalue weighted by Gasteiger charge is -2.31. The number of carbonyl (C=O) groups is 2. The van der Waals surface area contributed by atoms with E-state index in [2.05, 4.69) is 21.2 Å². The Morgan fingerprint density at radius 3 is 2.44 bits per heavy atom. The van der Waals surface area contributed by atoms with Crippen LogP contribution in [-0.2, 0) is 22.6 Å². The molecule has 1 N–H and O–H groups in total. The first-order valence-corrected chi connectivity index (χ1v) is 12.2. The van der Waals surface area contributed by atoms with Crippen molar-refractivity contribution in [3.05, 3.63) is 97.9 Å². The third kappa shape index (κ3) is 6.98. The molecule has 0 bridgehead atoms. The number of hydrogen-bond donors (Lipinski definition) is 1. The van der Waals surface area contributed by atoms with Gasteiger partial charge in [-0.2, -0.15) is 0 Å². The minimum atomic E-state index is -0.762. The van der Waals surface area contributed by atoms with E-state index in [1.54, 1.807) is 31.3 Å². The molecular weight excluding hydrogens is 539 g/mol. The van der Waals surface area contributed by atoms with Crippen LogP contribution in [0.5, 0.6) is 5.75 Å². The molecule has 178 valence electrons. The number of likely N-dealkylation sites (N-methyl/N-ethyl adjacent to an activating group) is 1. The summed E-state index contributed by atoms with van der Waals surface area (Å²) in [6, 6.07) is 19.4. The van der Waals surface area contributed by atoms with Crippen molar-refractivity contribution in [1.82, 2.24) is 10.2 Å². The number of ether oxygens (including phenoxy) is 1. The van der Waals surface area contributed by atoms with Gasteiger partial charge in [0.15, 0.2) is 6.61 Å². The van der Waals surface area contributed by atoms with Gasteiger partial charge in [0.1, 0.15) is 11.8 Å². The maximum atomic E-state index is 13.4. The molecule has 0 aliphatic carbocycles. The first-order valence-electron chi connectivity index (χ1n) is 10.7. The molecule has 0 aromatic heterocycles. The maximum absolute atomic E-state index is 13.4. The largest absolute Gasteiger partial charge is 0.484 e. The lowest BCUT2D eigenvalue weighted by Crippen LogP contribution is -2.51. The molecule has 0 heterocycles. The second-order valence-electron chi connectivity index (χ2n) is 7.78. The quantitative estimate of drug-likeness (QED) is 0.356. The Kier molecular flexibility index (Phi) is 9.39. The third-order valence-electron chi connectivity index (χ3n) is 5.37. The smallest absolute Gasteiger partial charge is 0.261 e. The van der Waals surface area contributed by atoms with Crippen LogP contribution in [-0.4, -0.2) is 36.4 Å². The molecule has 0 radical (unpaired) electrons. The highest BCUT2D eigenvalue weighted by Gasteiger charge is 2.30. The van der Waals surface area contributed by atoms with Crippen molar-refractivity contribution < 1.29 is 14.3 Å². The Labute approximate surface area is 218 Å². The zero-order valence-corrected chi connectivity index (χ0v) is 22.0. The van der Waals surface area contributed by atoms with E-state index >= 15 is 0 Å². The minimum Gasteiger partial charge on any atom is -0.484 e. The van der Waals surface area contributed by atoms with Crippen LogP contribution < -0.4 is 10.1 Å². The van der Waals surface area contributed by atoms with Crippen molar-refractivity contribution in [2.45, 2.75) is 25.9 Å². The molecule has 3 rings (SSSR count). The highest BCUT2D eigenvalue weighted by molar-refractivity contribution is 9.10. The van der Waals surface area contributed by atoms with Gasteiger partial charge in [0.2, 0.25) is 5.91 Å². The monoisotopic (exact) mass is 562 g/mol. The van der Waals surface area contributed by atoms with Crippen LogP contribution in [0.3, 0.4) is 0 Å². The molecule has 2 amide bonds. The van der Waals surface area contributed by atoms with Gasteiger partial charge in [-0.25, -0.2) is 0 Å². The topological polar surface area (TPSA) is 58.6 Å². The van der Waals surface area contributed by atoms with E-state index in [0.717, 1.165) is 15.6 Å². The van der Waals surface area contributed by atoms with Gasteiger partial charge in [0, 0.05) is 34.5 Å². The number of nitrogens with one attached hydrogen (secondary N) is 1. The molecule has 0 aliphatic heterocycles. The molecule has 34 heavy (non-hydrogen) atoms. The van der Waals surface area contributed by atoms with Crippen molar-refractivity contribution in [1.29, 1.82) is 0 Å². The lowest BCUT2D eigenvalue weighted by atomic mass is 10.0. The molecule has 0 saturated heterocycles. The van der Waals surface area contributed by atoms with Crippen LogP contribution in [0.15, 0.2) is 71.2 Å². The molecule has 5 nitrogen and oxygen atoms in total. The summed E-state index contributed by atoms with van der Waals surface area (Å²) >= 11 is 15.9. The van der Waals surface area contributed by atoms with Gasteiger partial charge in [-0.15, -0.1) is 0 Å². The van der Waals surface area contributed by atoms with E-state index in [9.17, 15) is 9.59 Å². The van der Waals surface area contributed by atoms with Crippen LogP contribution >= 0.6 is 39.1 Å². The van der Waals surface area contributed by atoms with Gasteiger partial charge >= 0.3 is 0 Å². The van der Waals surface area contributed by atoms with Crippen molar-refractivity contribution in [3.8, 4) is 5.75 Å². The predicted molar refractivity (Wildman–Crippen MR) is 139 cm³/mol. The van der Waals surface area contributed by atoms with Crippen LogP contribution in [0.25, 0.3) is 0 Å². The van der Waals surface area contributed by atoms with Crippen molar-refractivity contribution in [3.63, 3.8) is 0 Å². The summed E-state index contributed by atoms with van der Waals surface area (Å²) in [6.07, 6.45) is 0.342. The second kappa shape index (κ2) is 12.2. The Bertz CT molecular complexity index is 1160. The standard InChI is InChI=1S/C26H25BrCl2N2O3/c1-17-12-21(10-11-22(17)27)34-16-25(32)31(15-19-8-9-20(28)14-23(19)29)24(26(33)30-2)13-18-6-4-3-5-7-18/h3-12,14,24H,13,15-16H2,1-2H3,(H,30,33). The zero-order valence-electron chi connectivity index (χ0n) is 18.9. The molecule has 0 aliphatic rings. The van der Waals surface area contributed by atoms with E-state index in [0.29, 0.717) is 27.8 Å². The van der Waals surface area contributed by atoms with Gasteiger partial charge < -0.3 is 15.0 Å². The van der Waals surface area contributed by atoms with Crippen LogP contribution in [0.2, 0.25) is 10.0 Å². The second-order valence-corrected chi connectivity index (χ2v) is 9.47. The van der Waals surface area contributed by atoms with E-state index in [4.69, 9.17) is 27.9 Å². The zero-order chi connectivity index (χ0) is 24.7. The van der Waals surface area contributed by atoms with Gasteiger partial charge in [-0.1, -0.05) is 75.5 Å². The molecule has 3 aromatic rings. The predicted octanol–water partition coefficient (Wildman–Crippen LogP) is 5.83. The average molecular weight is 564 g/mol. The number of amides is 2. The Morgan fingerprint density at radius 2 is 1.79 bits per heavy atom. The fraction of sp³-hybridized carbons (Fsp3) is 0.231. The summed E-state index contributed by atoms with van der Waals surface area (Å²) in [5.41, 5.74) is 2.60. The normalized spacial score (nSPS) is 11.6. The Morgan fingerprint density at radius 1 is 1.06 bits per heavy atom. The van der Waals surface area contributed by atoms with Crippen molar-refractivity contribution >= 4 is 50.9 Å². The molecular formula is C26H25BrCl2N2O3. The number of carbonyl (C=O) groups excluding carboxylic acids is 2. The fourth-order valence-corrected chi connectivity index (χ4v) is 4.20. The molecule has 0 fully saturated rings. The summed E-state index contributed by atoms with van der Waals surface area (Å²) in [6.45, 7) is 1.84. The number of hydrogen-bond acceptors (Lipinski definition) is 3. The Hall–Kier alpha value is -2.54. The van der Waals surface area contributed by atoms with Crippen molar-refractivity contribution in [2.75, 3.05) is 13.7 Å². The number of benzene rings is 3. The van der Waals surface area contributed by atoms with Crippen LogP contribution in [0, 0.1) is 6.92 Å². The summed E-state index contributed by atoms with van der Waals surface area (Å²) in [7, 11) is 1.55. The first-order chi connectivity index (χ1) is 16.3. The molecule has 1 atom stereocenters. The van der Waals surface area contributed by atoms with Crippen LogP contribution in [0.4, 0.5) is 0 Å². The third-order valence-corrected chi connectivity index (χ3v) is 6.84. The summed E-state index contributed by atoms with van der Waals surface area (Å²) < 4.78 is 6.74. The summed E-state index contributed by atoms with van der Waals surface area (Å²) in [4.78, 5) is 27.9. The fourth-order valence-electron chi connectivity index (χ4n) is 3.49. The van der Waals surface area contributed by atoms with Crippen molar-refractivity contribution in [2.24, 2.45) is 0 Å². The SMILES string of the molecule is CNC(=O)C(Cc1ccccc1)N(Cc1ccc(Cl)cc1Cl)C(=O)COc1ccc(Br)c(C)c1.